The van der Waals surface area contributed by atoms with Crippen molar-refractivity contribution in [1.82, 2.24) is 5.32 Å². The van der Waals surface area contributed by atoms with E-state index in [2.05, 4.69) is 36.5 Å². The van der Waals surface area contributed by atoms with Crippen molar-refractivity contribution in [3.05, 3.63) is 35.4 Å². The molecule has 5 nitrogen and oxygen atoms in total. The van der Waals surface area contributed by atoms with Gasteiger partial charge in [-0.3, -0.25) is 4.55 Å². The largest absolute Gasteiger partial charge is 0.375 e. The van der Waals surface area contributed by atoms with E-state index in [1.165, 1.54) is 5.56 Å². The Balaban J connectivity index is 2.09. The second kappa shape index (κ2) is 7.75. The van der Waals surface area contributed by atoms with E-state index < -0.39 is 10.1 Å². The van der Waals surface area contributed by atoms with Crippen molar-refractivity contribution in [3.63, 3.8) is 0 Å². The summed E-state index contributed by atoms with van der Waals surface area (Å²) in [5.41, 5.74) is 2.19. The fraction of sp³-hybridized carbons (Fsp3) is 0.647. The van der Waals surface area contributed by atoms with E-state index in [0.29, 0.717) is 13.0 Å². The van der Waals surface area contributed by atoms with Gasteiger partial charge >= 0.3 is 0 Å². The number of benzene rings is 1. The summed E-state index contributed by atoms with van der Waals surface area (Å²) in [6.45, 7) is 2.61. The van der Waals surface area contributed by atoms with Crippen LogP contribution in [-0.2, 0) is 14.9 Å². The quantitative estimate of drug-likeness (QED) is 0.562. The molecular formula is C17H27NO4S. The predicted octanol–water partition coefficient (Wildman–Crippen LogP) is 2.86. The van der Waals surface area contributed by atoms with Crippen molar-refractivity contribution in [2.24, 2.45) is 0 Å². The summed E-state index contributed by atoms with van der Waals surface area (Å²) in [5.74, 6) is -0.210. The average molecular weight is 341 g/mol. The van der Waals surface area contributed by atoms with Crippen LogP contribution in [-0.4, -0.2) is 37.9 Å². The van der Waals surface area contributed by atoms with Crippen LogP contribution < -0.4 is 5.32 Å². The zero-order valence-corrected chi connectivity index (χ0v) is 14.7. The van der Waals surface area contributed by atoms with Crippen LogP contribution in [0.2, 0.25) is 0 Å². The minimum absolute atomic E-state index is 0.0590. The zero-order valence-electron chi connectivity index (χ0n) is 13.9. The summed E-state index contributed by atoms with van der Waals surface area (Å²) in [4.78, 5) is 0. The Morgan fingerprint density at radius 3 is 2.39 bits per heavy atom. The molecule has 1 atom stereocenters. The summed E-state index contributed by atoms with van der Waals surface area (Å²) < 4.78 is 36.4. The number of ether oxygens (including phenoxy) is 1. The van der Waals surface area contributed by atoms with Gasteiger partial charge in [-0.15, -0.1) is 0 Å². The number of hydrogen-bond donors (Lipinski definition) is 2. The maximum atomic E-state index is 10.9. The number of nitrogens with one attached hydrogen (secondary N) is 1. The SMILES string of the molecule is COC(c1ccc(C)cc1)C1(NCCCS(=O)(=O)O)CCCC1. The molecule has 23 heavy (non-hydrogen) atoms. The molecule has 0 aliphatic heterocycles. The Hall–Kier alpha value is -0.950. The van der Waals surface area contributed by atoms with Crippen LogP contribution in [0.4, 0.5) is 0 Å². The van der Waals surface area contributed by atoms with Crippen molar-refractivity contribution in [2.75, 3.05) is 19.4 Å². The second-order valence-corrected chi connectivity index (χ2v) is 8.03. The van der Waals surface area contributed by atoms with Gasteiger partial charge in [0.05, 0.1) is 5.75 Å². The smallest absolute Gasteiger partial charge is 0.264 e. The number of hydrogen-bond acceptors (Lipinski definition) is 4. The first-order valence-corrected chi connectivity index (χ1v) is 9.77. The van der Waals surface area contributed by atoms with Gasteiger partial charge in [0, 0.05) is 12.6 Å². The van der Waals surface area contributed by atoms with E-state index in [9.17, 15) is 8.42 Å². The van der Waals surface area contributed by atoms with Gasteiger partial charge in [0.15, 0.2) is 0 Å². The zero-order chi connectivity index (χ0) is 16.9. The lowest BCUT2D eigenvalue weighted by Crippen LogP contribution is -2.49. The third-order valence-corrected chi connectivity index (χ3v) is 5.47. The molecule has 0 saturated heterocycles. The Morgan fingerprint density at radius 2 is 1.87 bits per heavy atom. The van der Waals surface area contributed by atoms with Crippen LogP contribution in [0, 0.1) is 6.92 Å². The standard InChI is InChI=1S/C17H27NO4S/c1-14-6-8-15(9-7-14)16(22-2)17(10-3-4-11-17)18-12-5-13-23(19,20)21/h6-9,16,18H,3-5,10-13H2,1-2H3,(H,19,20,21). The lowest BCUT2D eigenvalue weighted by molar-refractivity contribution is 0.0171. The first kappa shape index (κ1) is 18.4. The molecule has 1 fully saturated rings. The summed E-state index contributed by atoms with van der Waals surface area (Å²) in [6.07, 6.45) is 4.62. The molecule has 0 aromatic heterocycles. The third kappa shape index (κ3) is 5.01. The van der Waals surface area contributed by atoms with Crippen molar-refractivity contribution >= 4 is 10.1 Å². The van der Waals surface area contributed by atoms with Crippen LogP contribution >= 0.6 is 0 Å². The first-order chi connectivity index (χ1) is 10.9. The summed E-state index contributed by atoms with van der Waals surface area (Å²) in [5, 5.41) is 3.53. The monoisotopic (exact) mass is 341 g/mol. The van der Waals surface area contributed by atoms with Gasteiger partial charge in [-0.2, -0.15) is 8.42 Å². The molecule has 0 bridgehead atoms. The lowest BCUT2D eigenvalue weighted by atomic mass is 9.85. The molecule has 2 rings (SSSR count). The van der Waals surface area contributed by atoms with Gasteiger partial charge in [0.25, 0.3) is 10.1 Å². The molecule has 2 N–H and O–H groups in total. The molecule has 1 unspecified atom stereocenters. The fourth-order valence-electron chi connectivity index (χ4n) is 3.55. The predicted molar refractivity (Wildman–Crippen MR) is 91.2 cm³/mol. The highest BCUT2D eigenvalue weighted by molar-refractivity contribution is 7.85. The topological polar surface area (TPSA) is 75.6 Å². The molecule has 1 aliphatic carbocycles. The van der Waals surface area contributed by atoms with Crippen LogP contribution in [0.15, 0.2) is 24.3 Å². The average Bonchev–Trinajstić information content (AvgIpc) is 2.95. The van der Waals surface area contributed by atoms with E-state index in [4.69, 9.17) is 9.29 Å². The summed E-state index contributed by atoms with van der Waals surface area (Å²) in [6, 6.07) is 8.37. The molecule has 0 amide bonds. The molecular weight excluding hydrogens is 314 g/mol. The highest BCUT2D eigenvalue weighted by Gasteiger charge is 2.41. The highest BCUT2D eigenvalue weighted by Crippen LogP contribution is 2.41. The maximum Gasteiger partial charge on any atom is 0.264 e. The Kier molecular flexibility index (Phi) is 6.19. The van der Waals surface area contributed by atoms with Crippen molar-refractivity contribution in [3.8, 4) is 0 Å². The fourth-order valence-corrected chi connectivity index (χ4v) is 4.06. The van der Waals surface area contributed by atoms with Gasteiger partial charge < -0.3 is 10.1 Å². The van der Waals surface area contributed by atoms with Gasteiger partial charge in [-0.1, -0.05) is 42.7 Å². The Morgan fingerprint density at radius 1 is 1.26 bits per heavy atom. The molecule has 130 valence electrons. The first-order valence-electron chi connectivity index (χ1n) is 8.16. The molecule has 0 heterocycles. The molecule has 1 aromatic carbocycles. The molecule has 0 spiro atoms. The van der Waals surface area contributed by atoms with Crippen LogP contribution in [0.25, 0.3) is 0 Å². The number of methoxy groups -OCH3 is 1. The summed E-state index contributed by atoms with van der Waals surface area (Å²) in [7, 11) is -2.17. The van der Waals surface area contributed by atoms with Gasteiger partial charge in [-0.05, 0) is 38.3 Å². The van der Waals surface area contributed by atoms with Crippen LogP contribution in [0.3, 0.4) is 0 Å². The minimum Gasteiger partial charge on any atom is -0.375 e. The second-order valence-electron chi connectivity index (χ2n) is 6.46. The van der Waals surface area contributed by atoms with Gasteiger partial charge in [0.2, 0.25) is 0 Å². The van der Waals surface area contributed by atoms with Gasteiger partial charge in [0.1, 0.15) is 6.10 Å². The van der Waals surface area contributed by atoms with Crippen LogP contribution in [0.5, 0.6) is 0 Å². The lowest BCUT2D eigenvalue weighted by Gasteiger charge is -2.38. The van der Waals surface area contributed by atoms with Crippen molar-refractivity contribution in [1.29, 1.82) is 0 Å². The van der Waals surface area contributed by atoms with E-state index in [-0.39, 0.29) is 17.4 Å². The normalized spacial score (nSPS) is 18.9. The van der Waals surface area contributed by atoms with E-state index >= 15 is 0 Å². The number of rotatable bonds is 8. The van der Waals surface area contributed by atoms with Gasteiger partial charge in [-0.25, -0.2) is 0 Å². The summed E-state index contributed by atoms with van der Waals surface area (Å²) >= 11 is 0. The Labute approximate surface area is 139 Å². The molecule has 1 saturated carbocycles. The molecule has 0 radical (unpaired) electrons. The highest BCUT2D eigenvalue weighted by atomic mass is 32.2. The maximum absolute atomic E-state index is 10.9. The third-order valence-electron chi connectivity index (χ3n) is 4.67. The molecule has 6 heteroatoms. The Bertz CT molecular complexity index is 592. The minimum atomic E-state index is -3.89. The van der Waals surface area contributed by atoms with Crippen molar-refractivity contribution < 1.29 is 17.7 Å². The van der Waals surface area contributed by atoms with E-state index in [1.807, 2.05) is 0 Å². The molecule has 1 aliphatic rings. The molecule has 1 aromatic rings. The van der Waals surface area contributed by atoms with E-state index in [0.717, 1.165) is 31.2 Å². The van der Waals surface area contributed by atoms with Crippen LogP contribution in [0.1, 0.15) is 49.3 Å². The van der Waals surface area contributed by atoms with E-state index in [1.54, 1.807) is 7.11 Å². The van der Waals surface area contributed by atoms with Crippen molar-refractivity contribution in [2.45, 2.75) is 50.7 Å². The number of aryl methyl sites for hydroxylation is 1.